The molecule has 0 aliphatic heterocycles. The maximum absolute atomic E-state index is 6.56. The van der Waals surface area contributed by atoms with Crippen LogP contribution in [-0.4, -0.2) is 0 Å². The Morgan fingerprint density at radius 2 is 0.419 bits per heavy atom. The van der Waals surface area contributed by atoms with Gasteiger partial charge in [0.25, 0.3) is 0 Å². The lowest BCUT2D eigenvalue weighted by Crippen LogP contribution is -2.30. The SMILES string of the molecule is c1ccc(-c2ccccc2N(c2cccc(N(c3cccc(C4(c5ccccc5)c5ccccc5-c5ccccc54)c3)c3ccc4oc5ccccc5c4c3)c2)c2cccc3oc4ccccc4c23)cc1.c1ccc(N(c2cccc(N(c3cccc(C4(c5ccccc5)c5ccccc5-c5ccccc54)c3)c3ccc4oc5ccccc5c4c3)c2)c2cccc3c2C(c2ccccc2)(c2ccccc2)c2ccccc2-3)cc1. The van der Waals surface area contributed by atoms with Gasteiger partial charge in [0.05, 0.1) is 38.7 Å². The molecule has 0 fully saturated rings. The van der Waals surface area contributed by atoms with Gasteiger partial charge in [-0.2, -0.15) is 0 Å². The van der Waals surface area contributed by atoms with Gasteiger partial charge in [0, 0.05) is 89.2 Å². The number of fused-ring (bicyclic) bond motifs is 18. The highest BCUT2D eigenvalue weighted by Gasteiger charge is 2.51. The monoisotopic (exact) mass is 1890 g/mol. The highest BCUT2D eigenvalue weighted by molar-refractivity contribution is 6.15. The molecule has 3 heterocycles. The van der Waals surface area contributed by atoms with Crippen molar-refractivity contribution in [1.82, 2.24) is 0 Å². The van der Waals surface area contributed by atoms with Crippen LogP contribution in [-0.2, 0) is 16.2 Å². The molecule has 3 aliphatic rings. The van der Waals surface area contributed by atoms with Gasteiger partial charge in [0.1, 0.15) is 33.5 Å². The Labute approximate surface area is 858 Å². The van der Waals surface area contributed by atoms with Crippen molar-refractivity contribution in [3.05, 3.63) is 637 Å². The minimum atomic E-state index is -0.628. The molecule has 0 amide bonds. The summed E-state index contributed by atoms with van der Waals surface area (Å²) in [5.74, 6) is 0. The fourth-order valence-electron chi connectivity index (χ4n) is 24.9. The maximum Gasteiger partial charge on any atom is 0.137 e. The zero-order chi connectivity index (χ0) is 97.8. The number of benzene rings is 23. The summed E-state index contributed by atoms with van der Waals surface area (Å²) in [6, 6.07) is 208. The molecule has 0 N–H and O–H groups in total. The largest absolute Gasteiger partial charge is 0.456 e. The Kier molecular flexibility index (Phi) is 20.8. The standard InChI is InChI=1S/C74H50N2O.C67H44N2O2/c1-5-24-51(25-6-1)73(66-41-17-13-36-60(66)61-37-14-18-42-67(61)73)54-30-21-33-56(48-54)75(59-46-47-71-65(50-59)63-39-16-20-45-70(63)77-71)57-34-22-35-58(49-57)76(55-31-11-4-12-32-55)69-44-23-40-64-62-38-15-19-43-68(62)74(72(64)69,52-26-7-2-8-27-52)53-28-9-3-10-29-53;1-3-20-45(21-4-1)52-28-9-14-35-60(52)69(61-36-19-39-65-66(61)56-32-11-16-38-63(56)71-65)50-27-18-26-49(43-50)68(51-40-41-64-57(44-51)55-31-10-15-37-62(55)70-64)48-25-17-24-47(42-48)67(46-22-5-2-6-23-46)58-33-12-7-29-53(58)54-30-8-13-34-59(54)67/h1-50H;1-44H. The average molecular weight is 1890 g/mol. The number of para-hydroxylation sites is 5. The molecule has 26 aromatic rings. The summed E-state index contributed by atoms with van der Waals surface area (Å²) < 4.78 is 19.5. The van der Waals surface area contributed by atoms with Gasteiger partial charge in [0.15, 0.2) is 0 Å². The summed E-state index contributed by atoms with van der Waals surface area (Å²) in [6.07, 6.45) is 0. The molecular weight excluding hydrogens is 1800 g/mol. The van der Waals surface area contributed by atoms with Gasteiger partial charge in [-0.15, -0.1) is 0 Å². The molecule has 0 bridgehead atoms. The summed E-state index contributed by atoms with van der Waals surface area (Å²) in [5.41, 5.74) is 40.4. The second-order valence-electron chi connectivity index (χ2n) is 38.6. The molecule has 0 atom stereocenters. The van der Waals surface area contributed by atoms with E-state index in [0.717, 1.165) is 145 Å². The number of furan rings is 3. The third kappa shape index (κ3) is 13.7. The topological polar surface area (TPSA) is 52.4 Å². The van der Waals surface area contributed by atoms with E-state index in [1.807, 2.05) is 24.3 Å². The van der Waals surface area contributed by atoms with Gasteiger partial charge in [-0.3, -0.25) is 0 Å². The molecule has 3 aliphatic carbocycles. The molecule has 0 saturated carbocycles. The molecule has 696 valence electrons. The normalized spacial score (nSPS) is 13.0. The van der Waals surface area contributed by atoms with Gasteiger partial charge >= 0.3 is 0 Å². The first-order valence-corrected chi connectivity index (χ1v) is 50.8. The molecule has 148 heavy (non-hydrogen) atoms. The van der Waals surface area contributed by atoms with Crippen molar-refractivity contribution in [3.63, 3.8) is 0 Å². The lowest BCUT2D eigenvalue weighted by molar-refractivity contribution is 0.668. The fourth-order valence-corrected chi connectivity index (χ4v) is 24.9. The number of hydrogen-bond acceptors (Lipinski definition) is 7. The average Bonchev–Trinajstić information content (AvgIpc) is 1.53. The van der Waals surface area contributed by atoms with Crippen LogP contribution in [0.4, 0.5) is 68.2 Å². The van der Waals surface area contributed by atoms with E-state index in [2.05, 4.69) is 566 Å². The summed E-state index contributed by atoms with van der Waals surface area (Å²) in [4.78, 5) is 9.74. The van der Waals surface area contributed by atoms with Gasteiger partial charge in [0.2, 0.25) is 0 Å². The highest BCUT2D eigenvalue weighted by Crippen LogP contribution is 2.64. The van der Waals surface area contributed by atoms with E-state index >= 15 is 0 Å². The number of nitrogens with zero attached hydrogens (tertiary/aromatic N) is 4. The molecule has 0 radical (unpaired) electrons. The van der Waals surface area contributed by atoms with Crippen molar-refractivity contribution < 1.29 is 13.3 Å². The number of rotatable bonds is 19. The third-order valence-electron chi connectivity index (χ3n) is 30.9. The zero-order valence-corrected chi connectivity index (χ0v) is 80.8. The van der Waals surface area contributed by atoms with Gasteiger partial charge < -0.3 is 32.9 Å². The second kappa shape index (κ2) is 35.7. The van der Waals surface area contributed by atoms with E-state index in [4.69, 9.17) is 13.3 Å². The van der Waals surface area contributed by atoms with Crippen molar-refractivity contribution in [1.29, 1.82) is 0 Å². The number of hydrogen-bond donors (Lipinski definition) is 0. The molecular formula is C141H94N4O3. The zero-order valence-electron chi connectivity index (χ0n) is 80.8. The second-order valence-corrected chi connectivity index (χ2v) is 38.6. The van der Waals surface area contributed by atoms with Gasteiger partial charge in [-0.05, 0) is 252 Å². The Balaban J connectivity index is 0.000000143. The quantitative estimate of drug-likeness (QED) is 0.0799. The van der Waals surface area contributed by atoms with E-state index in [1.165, 1.54) is 100 Å². The van der Waals surface area contributed by atoms with Crippen LogP contribution in [0.25, 0.3) is 110 Å². The van der Waals surface area contributed by atoms with Crippen molar-refractivity contribution >= 4 is 134 Å². The predicted molar refractivity (Wildman–Crippen MR) is 611 cm³/mol. The van der Waals surface area contributed by atoms with Crippen LogP contribution in [0.3, 0.4) is 0 Å². The van der Waals surface area contributed by atoms with Crippen LogP contribution < -0.4 is 19.6 Å². The van der Waals surface area contributed by atoms with Crippen LogP contribution in [0, 0.1) is 0 Å². The van der Waals surface area contributed by atoms with Crippen LogP contribution in [0.2, 0.25) is 0 Å². The molecule has 3 aromatic heterocycles. The summed E-state index contributed by atoms with van der Waals surface area (Å²) >= 11 is 0. The first-order valence-electron chi connectivity index (χ1n) is 50.8. The minimum Gasteiger partial charge on any atom is -0.456 e. The summed E-state index contributed by atoms with van der Waals surface area (Å²) in [5, 5.41) is 6.42. The van der Waals surface area contributed by atoms with Crippen LogP contribution in [0.5, 0.6) is 0 Å². The Morgan fingerprint density at radius 1 is 0.142 bits per heavy atom. The van der Waals surface area contributed by atoms with E-state index in [-0.39, 0.29) is 0 Å². The van der Waals surface area contributed by atoms with Crippen LogP contribution in [0.15, 0.2) is 583 Å². The molecule has 0 saturated heterocycles. The van der Waals surface area contributed by atoms with E-state index in [1.54, 1.807) is 0 Å². The minimum absolute atomic E-state index is 0.577. The smallest absolute Gasteiger partial charge is 0.137 e. The Hall–Kier alpha value is -19.3. The predicted octanol–water partition coefficient (Wildman–Crippen LogP) is 37.7. The molecule has 0 unspecified atom stereocenters. The van der Waals surface area contributed by atoms with Gasteiger partial charge in [-0.25, -0.2) is 0 Å². The lowest BCUT2D eigenvalue weighted by atomic mass is 9.67. The van der Waals surface area contributed by atoms with Crippen molar-refractivity contribution in [2.24, 2.45) is 0 Å². The fraction of sp³-hybridized carbons (Fsp3) is 0.0213. The maximum atomic E-state index is 6.56. The summed E-state index contributed by atoms with van der Waals surface area (Å²) in [6.45, 7) is 0. The molecule has 7 nitrogen and oxygen atoms in total. The molecule has 23 aromatic carbocycles. The molecule has 7 heteroatoms. The Bertz CT molecular complexity index is 9480. The van der Waals surface area contributed by atoms with Crippen molar-refractivity contribution in [2.75, 3.05) is 19.6 Å². The van der Waals surface area contributed by atoms with E-state index in [0.29, 0.717) is 0 Å². The van der Waals surface area contributed by atoms with Gasteiger partial charge in [-0.1, -0.05) is 419 Å². The van der Waals surface area contributed by atoms with E-state index < -0.39 is 16.2 Å². The number of anilines is 12. The van der Waals surface area contributed by atoms with Crippen molar-refractivity contribution in [3.8, 4) is 44.5 Å². The van der Waals surface area contributed by atoms with Crippen molar-refractivity contribution in [2.45, 2.75) is 16.2 Å². The van der Waals surface area contributed by atoms with Crippen LogP contribution in [0.1, 0.15) is 66.8 Å². The van der Waals surface area contributed by atoms with Crippen LogP contribution >= 0.6 is 0 Å². The molecule has 29 rings (SSSR count). The Morgan fingerprint density at radius 3 is 0.885 bits per heavy atom. The summed E-state index contributed by atoms with van der Waals surface area (Å²) in [7, 11) is 0. The third-order valence-corrected chi connectivity index (χ3v) is 30.9. The lowest BCUT2D eigenvalue weighted by Gasteiger charge is -2.38. The first-order chi connectivity index (χ1) is 73.4. The first kappa shape index (κ1) is 86.5. The van der Waals surface area contributed by atoms with E-state index in [9.17, 15) is 0 Å². The molecule has 0 spiro atoms. The highest BCUT2D eigenvalue weighted by atomic mass is 16.3.